The SMILES string of the molecule is Cc1cccc(Nc2cc(N(C)Cc3ccccc3)c3noc4c3c2C(=O)c2ccccc2-4)c1. The van der Waals surface area contributed by atoms with E-state index < -0.39 is 0 Å². The number of nitrogens with one attached hydrogen (secondary N) is 1. The van der Waals surface area contributed by atoms with E-state index in [4.69, 9.17) is 4.52 Å². The van der Waals surface area contributed by atoms with Crippen LogP contribution in [0.5, 0.6) is 0 Å². The Morgan fingerprint density at radius 3 is 2.47 bits per heavy atom. The molecule has 1 aliphatic carbocycles. The third-order valence-electron chi connectivity index (χ3n) is 6.35. The molecule has 1 aliphatic rings. The average molecular weight is 446 g/mol. The number of hydrogen-bond donors (Lipinski definition) is 1. The first-order valence-electron chi connectivity index (χ1n) is 11.3. The van der Waals surface area contributed by atoms with E-state index >= 15 is 0 Å². The molecule has 0 radical (unpaired) electrons. The summed E-state index contributed by atoms with van der Waals surface area (Å²) in [4.78, 5) is 15.9. The molecule has 0 atom stereocenters. The van der Waals surface area contributed by atoms with Crippen LogP contribution >= 0.6 is 0 Å². The van der Waals surface area contributed by atoms with E-state index in [0.29, 0.717) is 28.9 Å². The molecular formula is C29H23N3O2. The molecule has 0 aliphatic heterocycles. The molecule has 34 heavy (non-hydrogen) atoms. The lowest BCUT2D eigenvalue weighted by Gasteiger charge is -2.24. The molecule has 1 N–H and O–H groups in total. The lowest BCUT2D eigenvalue weighted by atomic mass is 9.86. The summed E-state index contributed by atoms with van der Waals surface area (Å²) in [5.74, 6) is 0.617. The first-order valence-corrected chi connectivity index (χ1v) is 11.3. The van der Waals surface area contributed by atoms with E-state index in [1.54, 1.807) is 0 Å². The minimum absolute atomic E-state index is 0.0243. The Balaban J connectivity index is 1.57. The molecule has 0 fully saturated rings. The van der Waals surface area contributed by atoms with Crippen LogP contribution in [0.3, 0.4) is 0 Å². The van der Waals surface area contributed by atoms with E-state index in [-0.39, 0.29) is 5.78 Å². The van der Waals surface area contributed by atoms with Crippen LogP contribution in [0.4, 0.5) is 17.1 Å². The highest BCUT2D eigenvalue weighted by atomic mass is 16.5. The Morgan fingerprint density at radius 1 is 0.912 bits per heavy atom. The highest BCUT2D eigenvalue weighted by Crippen LogP contribution is 2.46. The third kappa shape index (κ3) is 3.25. The van der Waals surface area contributed by atoms with Gasteiger partial charge >= 0.3 is 0 Å². The number of aryl methyl sites for hydroxylation is 1. The first kappa shape index (κ1) is 20.2. The van der Waals surface area contributed by atoms with Crippen LogP contribution in [0.25, 0.3) is 22.2 Å². The molecule has 1 heterocycles. The van der Waals surface area contributed by atoms with Crippen molar-refractivity contribution in [1.82, 2.24) is 5.16 Å². The zero-order valence-corrected chi connectivity index (χ0v) is 19.0. The predicted octanol–water partition coefficient (Wildman–Crippen LogP) is 6.73. The lowest BCUT2D eigenvalue weighted by molar-refractivity contribution is 0.104. The van der Waals surface area contributed by atoms with Crippen molar-refractivity contribution in [2.45, 2.75) is 13.5 Å². The summed E-state index contributed by atoms with van der Waals surface area (Å²) in [5.41, 5.74) is 7.62. The van der Waals surface area contributed by atoms with E-state index in [2.05, 4.69) is 46.6 Å². The quantitative estimate of drug-likeness (QED) is 0.319. The number of aromatic nitrogens is 1. The van der Waals surface area contributed by atoms with Crippen molar-refractivity contribution < 1.29 is 9.32 Å². The number of nitrogens with zero attached hydrogens (tertiary/aromatic N) is 2. The molecular weight excluding hydrogens is 422 g/mol. The highest BCUT2D eigenvalue weighted by Gasteiger charge is 2.33. The molecule has 0 unspecified atom stereocenters. The van der Waals surface area contributed by atoms with Gasteiger partial charge in [0.2, 0.25) is 0 Å². The second kappa shape index (κ2) is 7.89. The molecule has 1 aromatic heterocycles. The molecule has 0 spiro atoms. The van der Waals surface area contributed by atoms with Gasteiger partial charge in [-0.2, -0.15) is 0 Å². The molecule has 5 nitrogen and oxygen atoms in total. The number of carbonyl (C=O) groups excluding carboxylic acids is 1. The summed E-state index contributed by atoms with van der Waals surface area (Å²) >= 11 is 0. The Labute approximate surface area is 197 Å². The molecule has 4 aromatic carbocycles. The van der Waals surface area contributed by atoms with Gasteiger partial charge in [0.1, 0.15) is 5.52 Å². The summed E-state index contributed by atoms with van der Waals surface area (Å²) in [7, 11) is 2.04. The van der Waals surface area contributed by atoms with Crippen LogP contribution in [-0.2, 0) is 6.54 Å². The molecule has 5 heteroatoms. The van der Waals surface area contributed by atoms with Crippen molar-refractivity contribution in [2.24, 2.45) is 0 Å². The van der Waals surface area contributed by atoms with Gasteiger partial charge in [-0.1, -0.05) is 71.9 Å². The predicted molar refractivity (Wildman–Crippen MR) is 136 cm³/mol. The lowest BCUT2D eigenvalue weighted by Crippen LogP contribution is -2.18. The smallest absolute Gasteiger partial charge is 0.196 e. The number of anilines is 3. The normalized spacial score (nSPS) is 12.0. The van der Waals surface area contributed by atoms with Crippen LogP contribution in [0.15, 0.2) is 89.5 Å². The molecule has 0 amide bonds. The fraction of sp³-hybridized carbons (Fsp3) is 0.103. The van der Waals surface area contributed by atoms with Crippen molar-refractivity contribution in [1.29, 1.82) is 0 Å². The van der Waals surface area contributed by atoms with Gasteiger partial charge in [0, 0.05) is 30.4 Å². The van der Waals surface area contributed by atoms with Crippen LogP contribution in [0.1, 0.15) is 27.0 Å². The zero-order chi connectivity index (χ0) is 23.2. The monoisotopic (exact) mass is 445 g/mol. The molecule has 0 bridgehead atoms. The van der Waals surface area contributed by atoms with Gasteiger partial charge in [-0.15, -0.1) is 0 Å². The summed E-state index contributed by atoms with van der Waals surface area (Å²) in [6.45, 7) is 2.75. The van der Waals surface area contributed by atoms with Gasteiger partial charge < -0.3 is 14.7 Å². The Bertz CT molecular complexity index is 1550. The van der Waals surface area contributed by atoms with Crippen LogP contribution < -0.4 is 10.2 Å². The Kier molecular flexibility index (Phi) is 4.69. The highest BCUT2D eigenvalue weighted by molar-refractivity contribution is 6.28. The van der Waals surface area contributed by atoms with Crippen LogP contribution in [0, 0.1) is 6.92 Å². The van der Waals surface area contributed by atoms with E-state index in [9.17, 15) is 4.79 Å². The molecule has 0 saturated heterocycles. The zero-order valence-electron chi connectivity index (χ0n) is 19.0. The van der Waals surface area contributed by atoms with E-state index in [0.717, 1.165) is 33.6 Å². The van der Waals surface area contributed by atoms with Gasteiger partial charge in [-0.05, 0) is 36.2 Å². The molecule has 0 saturated carbocycles. The summed E-state index contributed by atoms with van der Waals surface area (Å²) in [6, 6.07) is 28.0. The van der Waals surface area contributed by atoms with Gasteiger partial charge in [0.05, 0.1) is 22.3 Å². The Morgan fingerprint density at radius 2 is 1.68 bits per heavy atom. The molecule has 6 rings (SSSR count). The number of hydrogen-bond acceptors (Lipinski definition) is 5. The Hall–Kier alpha value is -4.38. The minimum atomic E-state index is -0.0243. The van der Waals surface area contributed by atoms with Crippen molar-refractivity contribution in [3.05, 3.63) is 107 Å². The average Bonchev–Trinajstić information content (AvgIpc) is 3.29. The minimum Gasteiger partial charge on any atom is -0.368 e. The fourth-order valence-corrected chi connectivity index (χ4v) is 4.75. The van der Waals surface area contributed by atoms with Crippen LogP contribution in [-0.4, -0.2) is 18.0 Å². The van der Waals surface area contributed by atoms with Crippen molar-refractivity contribution >= 4 is 33.7 Å². The van der Waals surface area contributed by atoms with Gasteiger partial charge in [0.25, 0.3) is 0 Å². The fourth-order valence-electron chi connectivity index (χ4n) is 4.75. The van der Waals surface area contributed by atoms with Crippen molar-refractivity contribution in [3.8, 4) is 11.3 Å². The number of ketones is 1. The molecule has 5 aromatic rings. The third-order valence-corrected chi connectivity index (χ3v) is 6.35. The van der Waals surface area contributed by atoms with E-state index in [1.165, 1.54) is 5.56 Å². The first-order chi connectivity index (χ1) is 16.6. The molecule has 166 valence electrons. The largest absolute Gasteiger partial charge is 0.368 e. The summed E-state index contributed by atoms with van der Waals surface area (Å²) < 4.78 is 5.88. The van der Waals surface area contributed by atoms with Gasteiger partial charge in [0.15, 0.2) is 11.5 Å². The van der Waals surface area contributed by atoms with Crippen molar-refractivity contribution in [2.75, 3.05) is 17.3 Å². The summed E-state index contributed by atoms with van der Waals surface area (Å²) in [6.07, 6.45) is 0. The maximum absolute atomic E-state index is 13.7. The number of fused-ring (bicyclic) bond motifs is 2. The topological polar surface area (TPSA) is 58.4 Å². The number of benzene rings is 4. The number of rotatable bonds is 5. The summed E-state index contributed by atoms with van der Waals surface area (Å²) in [5, 5.41) is 8.72. The standard InChI is InChI=1S/C29H23N3O2/c1-18-9-8-12-20(15-18)30-23-16-24(32(2)17-19-10-4-3-5-11-19)27-26-25(23)28(33)21-13-6-7-14-22(21)29(26)34-31-27/h3-16,30H,17H2,1-2H3. The van der Waals surface area contributed by atoms with Gasteiger partial charge in [-0.25, -0.2) is 0 Å². The number of carbonyl (C=O) groups is 1. The maximum atomic E-state index is 13.7. The van der Waals surface area contributed by atoms with E-state index in [1.807, 2.05) is 67.7 Å². The second-order valence-corrected chi connectivity index (χ2v) is 8.76. The van der Waals surface area contributed by atoms with Gasteiger partial charge in [-0.3, -0.25) is 4.79 Å². The maximum Gasteiger partial charge on any atom is 0.196 e. The van der Waals surface area contributed by atoms with Crippen LogP contribution in [0.2, 0.25) is 0 Å². The second-order valence-electron chi connectivity index (χ2n) is 8.76. The van der Waals surface area contributed by atoms with Crippen molar-refractivity contribution in [3.63, 3.8) is 0 Å².